The number of β-lactam (4-membered cyclic amide) rings is 1. The van der Waals surface area contributed by atoms with Gasteiger partial charge in [0, 0.05) is 67.0 Å². The molecule has 8 rings (SSSR count). The van der Waals surface area contributed by atoms with Crippen LogP contribution in [0.5, 0.6) is 11.5 Å². The number of oxime groups is 1. The number of phenols is 2. The molecule has 22 nitrogen and oxygen atoms in total. The van der Waals surface area contributed by atoms with E-state index in [4.69, 9.17) is 10.6 Å². The standard InChI is InChI=1S/C41H41FN10O12S2/c1-41(2,39(63)47-46-33(56)18-3-6-27(53)28(54)11-18)64-48-29(24-17-66-40(43)44-24)34(57)45-30-35(58)52-31(38(61)62)19(16-65-36(30)52)14-49-7-9-50(10-8-49)26-13-25-21(12-23(26)42)32(55)22(37(59)60)15-51(25)20-4-5-20/h3,6,11-13,15,17,20,30,36,53-54H,4-5,7-10,14,16H2,1-2H3,(H2,43,44)(H,45,57)(H,46,56)(H,47,63)(H,59,60)(H,61,62)/b48-29+/t30-,36-/m1/s1. The Balaban J connectivity index is 0.915. The third kappa shape index (κ3) is 8.78. The molecule has 66 heavy (non-hydrogen) atoms. The number of hydrazine groups is 1. The van der Waals surface area contributed by atoms with Crippen molar-refractivity contribution in [1.82, 2.24) is 35.5 Å². The lowest BCUT2D eigenvalue weighted by Gasteiger charge is -2.50. The Kier molecular flexibility index (Phi) is 12.1. The SMILES string of the molecule is CC(C)(O/N=C(/C(=O)N[C@@H]1C(=O)N2C(C(=O)O)=C(CN3CCN(c4cc5c(cc4F)c(=O)c(C(=O)O)cn5C4CC4)CC3)CS[C@H]12)c1csc(N)n1)C(=O)NNC(=O)c1ccc(O)c(O)c1. The second-order valence-electron chi connectivity index (χ2n) is 16.2. The van der Waals surface area contributed by atoms with Crippen LogP contribution in [0.2, 0.25) is 0 Å². The predicted molar refractivity (Wildman–Crippen MR) is 235 cm³/mol. The lowest BCUT2D eigenvalue weighted by atomic mass is 10.0. The fourth-order valence-corrected chi connectivity index (χ4v) is 9.53. The van der Waals surface area contributed by atoms with Crippen molar-refractivity contribution < 1.29 is 58.4 Å². The number of nitrogens with two attached hydrogens (primary N) is 1. The molecule has 2 saturated heterocycles. The Hall–Kier alpha value is -7.25. The van der Waals surface area contributed by atoms with E-state index in [-0.39, 0.29) is 51.5 Å². The van der Waals surface area contributed by atoms with E-state index >= 15 is 4.39 Å². The van der Waals surface area contributed by atoms with Gasteiger partial charge in [-0.05, 0) is 62.6 Å². The van der Waals surface area contributed by atoms with E-state index in [9.17, 15) is 54.0 Å². The zero-order valence-electron chi connectivity index (χ0n) is 34.9. The van der Waals surface area contributed by atoms with Gasteiger partial charge in [-0.3, -0.25) is 44.6 Å². The normalized spacial score (nSPS) is 19.0. The lowest BCUT2D eigenvalue weighted by Crippen LogP contribution is -2.71. The van der Waals surface area contributed by atoms with E-state index < -0.39 is 86.6 Å². The zero-order valence-corrected chi connectivity index (χ0v) is 36.6. The number of pyridine rings is 1. The molecule has 2 aromatic heterocycles. The third-order valence-corrected chi connectivity index (χ3v) is 13.4. The summed E-state index contributed by atoms with van der Waals surface area (Å²) in [6.45, 7) is 4.21. The Morgan fingerprint density at radius 2 is 1.73 bits per heavy atom. The summed E-state index contributed by atoms with van der Waals surface area (Å²) in [6.07, 6.45) is 2.92. The number of aromatic nitrogens is 2. The minimum Gasteiger partial charge on any atom is -0.504 e. The number of nitrogens with zero attached hydrogens (tertiary/aromatic N) is 6. The number of carbonyl (C=O) groups is 6. The van der Waals surface area contributed by atoms with E-state index in [2.05, 4.69) is 26.3 Å². The number of thiazole rings is 1. The summed E-state index contributed by atoms with van der Waals surface area (Å²) >= 11 is 2.21. The largest absolute Gasteiger partial charge is 0.504 e. The first-order valence-corrected chi connectivity index (χ1v) is 22.2. The smallest absolute Gasteiger partial charge is 0.352 e. The minimum atomic E-state index is -1.84. The van der Waals surface area contributed by atoms with Crippen LogP contribution in [0.3, 0.4) is 0 Å². The molecule has 4 aromatic rings. The van der Waals surface area contributed by atoms with Crippen LogP contribution in [0.15, 0.2) is 63.1 Å². The highest BCUT2D eigenvalue weighted by atomic mass is 32.2. The van der Waals surface area contributed by atoms with E-state index in [1.54, 1.807) is 10.6 Å². The number of hydrogen-bond acceptors (Lipinski definition) is 17. The van der Waals surface area contributed by atoms with Crippen molar-refractivity contribution in [2.24, 2.45) is 5.16 Å². The molecule has 346 valence electrons. The minimum absolute atomic E-state index is 0.00707. The molecule has 1 aliphatic carbocycles. The van der Waals surface area contributed by atoms with Gasteiger partial charge >= 0.3 is 11.9 Å². The Morgan fingerprint density at radius 1 is 1.00 bits per heavy atom. The molecule has 2 aromatic carbocycles. The predicted octanol–water partition coefficient (Wildman–Crippen LogP) is 1.14. The number of carbonyl (C=O) groups excluding carboxylic acids is 4. The molecular formula is C41H41FN10O12S2. The van der Waals surface area contributed by atoms with Crippen LogP contribution in [0.25, 0.3) is 10.9 Å². The number of nitrogen functional groups attached to an aromatic ring is 1. The van der Waals surface area contributed by atoms with Crippen molar-refractivity contribution in [2.45, 2.75) is 49.7 Å². The Morgan fingerprint density at radius 3 is 2.36 bits per heavy atom. The fraction of sp³-hybridized carbons (Fsp3) is 0.341. The number of aromatic hydroxyl groups is 2. The summed E-state index contributed by atoms with van der Waals surface area (Å²) in [5, 5.41) is 46.2. The molecule has 1 saturated carbocycles. The van der Waals surface area contributed by atoms with Gasteiger partial charge in [-0.25, -0.2) is 19.0 Å². The Labute approximate surface area is 380 Å². The highest BCUT2D eigenvalue weighted by Crippen LogP contribution is 2.41. The third-order valence-electron chi connectivity index (χ3n) is 11.4. The molecule has 3 fully saturated rings. The summed E-state index contributed by atoms with van der Waals surface area (Å²) in [7, 11) is 0. The second-order valence-corrected chi connectivity index (χ2v) is 18.2. The van der Waals surface area contributed by atoms with Gasteiger partial charge in [0.15, 0.2) is 22.3 Å². The van der Waals surface area contributed by atoms with Crippen molar-refractivity contribution >= 4 is 86.1 Å². The molecule has 0 bridgehead atoms. The number of amides is 4. The second kappa shape index (κ2) is 17.6. The quantitative estimate of drug-likeness (QED) is 0.0403. The van der Waals surface area contributed by atoms with Gasteiger partial charge in [0.2, 0.25) is 11.0 Å². The van der Waals surface area contributed by atoms with Gasteiger partial charge < -0.3 is 45.8 Å². The number of rotatable bonds is 13. The molecule has 4 aliphatic rings. The highest BCUT2D eigenvalue weighted by Gasteiger charge is 2.54. The summed E-state index contributed by atoms with van der Waals surface area (Å²) in [4.78, 5) is 105. The number of hydrogen-bond donors (Lipinski definition) is 8. The number of anilines is 2. The van der Waals surface area contributed by atoms with Crippen molar-refractivity contribution in [2.75, 3.05) is 49.1 Å². The average molecular weight is 949 g/mol. The zero-order chi connectivity index (χ0) is 47.4. The van der Waals surface area contributed by atoms with E-state index in [0.717, 1.165) is 47.3 Å². The van der Waals surface area contributed by atoms with Crippen molar-refractivity contribution in [3.05, 3.63) is 86.0 Å². The molecule has 2 atom stereocenters. The van der Waals surface area contributed by atoms with Gasteiger partial charge in [-0.1, -0.05) is 5.16 Å². The van der Waals surface area contributed by atoms with E-state index in [1.807, 2.05) is 9.80 Å². The molecule has 0 unspecified atom stereocenters. The number of fused-ring (bicyclic) bond motifs is 2. The topological polar surface area (TPSA) is 312 Å². The number of carboxylic acid groups (broad SMARTS) is 2. The first-order valence-electron chi connectivity index (χ1n) is 20.2. The van der Waals surface area contributed by atoms with E-state index in [0.29, 0.717) is 37.3 Å². The summed E-state index contributed by atoms with van der Waals surface area (Å²) in [5.74, 6) is -7.65. The van der Waals surface area contributed by atoms with Crippen molar-refractivity contribution in [3.63, 3.8) is 0 Å². The highest BCUT2D eigenvalue weighted by molar-refractivity contribution is 8.00. The maximum Gasteiger partial charge on any atom is 0.352 e. The number of piperazine rings is 1. The van der Waals surface area contributed by atoms with Crippen LogP contribution in [0, 0.1) is 5.82 Å². The first-order chi connectivity index (χ1) is 31.3. The number of nitrogens with one attached hydrogen (secondary N) is 3. The number of phenolic OH excluding ortho intramolecular Hbond substituents is 2. The molecule has 5 heterocycles. The monoisotopic (exact) mass is 948 g/mol. The number of aromatic carboxylic acids is 1. The van der Waals surface area contributed by atoms with Crippen LogP contribution in [-0.4, -0.2) is 137 Å². The summed E-state index contributed by atoms with van der Waals surface area (Å²) < 4.78 is 17.3. The number of thioether (sulfide) groups is 1. The number of aliphatic carboxylic acids is 1. The molecular weight excluding hydrogens is 908 g/mol. The maximum absolute atomic E-state index is 15.6. The number of halogens is 1. The van der Waals surface area contributed by atoms with Crippen LogP contribution >= 0.6 is 23.1 Å². The molecule has 4 amide bonds. The Bertz CT molecular complexity index is 2850. The number of carboxylic acids is 2. The van der Waals surface area contributed by atoms with Gasteiger partial charge in [-0.2, -0.15) is 0 Å². The fourth-order valence-electron chi connectivity index (χ4n) is 7.64. The maximum atomic E-state index is 15.6. The molecule has 9 N–H and O–H groups in total. The van der Waals surface area contributed by atoms with Gasteiger partial charge in [0.25, 0.3) is 23.6 Å². The number of benzene rings is 2. The van der Waals surface area contributed by atoms with E-state index in [1.165, 1.54) is 43.3 Å². The molecule has 3 aliphatic heterocycles. The van der Waals surface area contributed by atoms with Crippen molar-refractivity contribution in [1.29, 1.82) is 0 Å². The summed E-state index contributed by atoms with van der Waals surface area (Å²) in [6, 6.07) is 4.73. The van der Waals surface area contributed by atoms with Gasteiger partial charge in [-0.15, -0.1) is 23.1 Å². The lowest BCUT2D eigenvalue weighted by molar-refractivity contribution is -0.150. The first kappa shape index (κ1) is 45.3. The van der Waals surface area contributed by atoms with Gasteiger partial charge in [0.1, 0.15) is 34.2 Å². The molecule has 0 radical (unpaired) electrons. The van der Waals surface area contributed by atoms with Crippen molar-refractivity contribution in [3.8, 4) is 11.5 Å². The molecule has 25 heteroatoms. The summed E-state index contributed by atoms with van der Waals surface area (Å²) in [5.41, 5.74) is 7.40. The van der Waals surface area contributed by atoms with Crippen LogP contribution in [-0.2, 0) is 24.0 Å². The van der Waals surface area contributed by atoms with Crippen LogP contribution < -0.4 is 32.2 Å². The average Bonchev–Trinajstić information content (AvgIpc) is 4.04. The van der Waals surface area contributed by atoms with Crippen LogP contribution in [0.4, 0.5) is 15.2 Å². The van der Waals surface area contributed by atoms with Crippen LogP contribution in [0.1, 0.15) is 59.1 Å². The molecule has 0 spiro atoms. The van der Waals surface area contributed by atoms with Gasteiger partial charge in [0.05, 0.1) is 11.2 Å².